The van der Waals surface area contributed by atoms with Gasteiger partial charge >= 0.3 is 0 Å². The van der Waals surface area contributed by atoms with Gasteiger partial charge in [0.25, 0.3) is 0 Å². The summed E-state index contributed by atoms with van der Waals surface area (Å²) in [5, 5.41) is 0. The Morgan fingerprint density at radius 1 is 1.38 bits per heavy atom. The molecule has 1 fully saturated rings. The lowest BCUT2D eigenvalue weighted by molar-refractivity contribution is -0.119. The second kappa shape index (κ2) is 3.60. The Labute approximate surface area is 77.2 Å². The van der Waals surface area contributed by atoms with E-state index in [0.717, 1.165) is 32.3 Å². The van der Waals surface area contributed by atoms with E-state index < -0.39 is 0 Å². The molecule has 1 aliphatic rings. The zero-order chi connectivity index (χ0) is 9.10. The fourth-order valence-electron chi connectivity index (χ4n) is 1.77. The van der Waals surface area contributed by atoms with Crippen molar-refractivity contribution in [2.24, 2.45) is 0 Å². The molecule has 0 aliphatic carbocycles. The van der Waals surface area contributed by atoms with Crippen LogP contribution in [0.2, 0.25) is 0 Å². The Morgan fingerprint density at radius 2 is 2.15 bits per heavy atom. The monoisotopic (exact) mass is 179 g/mol. The first kappa shape index (κ1) is 8.29. The van der Waals surface area contributed by atoms with Gasteiger partial charge in [-0.3, -0.25) is 4.79 Å². The lowest BCUT2D eigenvalue weighted by atomic mass is 10.1. The summed E-state index contributed by atoms with van der Waals surface area (Å²) in [4.78, 5) is 16.3. The summed E-state index contributed by atoms with van der Waals surface area (Å²) in [7, 11) is 0. The number of carbonyl (C=O) groups excluding carboxylic acids is 1. The van der Waals surface area contributed by atoms with E-state index in [2.05, 4.69) is 9.55 Å². The fraction of sp³-hybridized carbons (Fsp3) is 0.556. The molecule has 1 aliphatic heterocycles. The highest BCUT2D eigenvalue weighted by Gasteiger charge is 2.18. The molecule has 0 spiro atoms. The van der Waals surface area contributed by atoms with Gasteiger partial charge in [-0.15, -0.1) is 0 Å². The minimum atomic E-state index is 0.527. The summed E-state index contributed by atoms with van der Waals surface area (Å²) >= 11 is 0. The zero-order valence-electron chi connectivity index (χ0n) is 7.47. The van der Waals surface area contributed by atoms with E-state index in [4.69, 9.17) is 0 Å². The van der Waals surface area contributed by atoms with Crippen molar-refractivity contribution in [1.29, 1.82) is 0 Å². The van der Waals surface area contributed by atoms with Gasteiger partial charge in [-0.1, -0.05) is 0 Å². The Hall–Kier alpha value is -1.32. The van der Waals surface area contributed by atoms with Gasteiger partial charge in [-0.05, 0) is 12.8 Å². The smallest absolute Gasteiger partial charge is 0.209 e. The molecule has 1 aromatic rings. The minimum Gasteiger partial charge on any atom is -0.345 e. The molecular weight excluding hydrogens is 166 g/mol. The van der Waals surface area contributed by atoms with E-state index in [-0.39, 0.29) is 0 Å². The lowest BCUT2D eigenvalue weighted by Crippen LogP contribution is -2.33. The minimum absolute atomic E-state index is 0.527. The molecule has 0 bridgehead atoms. The number of imidazole rings is 1. The van der Waals surface area contributed by atoms with Gasteiger partial charge in [0, 0.05) is 31.5 Å². The van der Waals surface area contributed by atoms with E-state index in [1.165, 1.54) is 0 Å². The summed E-state index contributed by atoms with van der Waals surface area (Å²) in [5.74, 6) is 0. The predicted octanol–water partition coefficient (Wildman–Crippen LogP) is 0.676. The van der Waals surface area contributed by atoms with Crippen LogP contribution in [0.3, 0.4) is 0 Å². The SMILES string of the molecule is O=CN1CCC(n2ccnc2)CC1. The molecular formula is C9H13N3O. The van der Waals surface area contributed by atoms with Crippen LogP contribution in [-0.2, 0) is 4.79 Å². The van der Waals surface area contributed by atoms with E-state index in [1.54, 1.807) is 6.20 Å². The van der Waals surface area contributed by atoms with Crippen LogP contribution < -0.4 is 0 Å². The van der Waals surface area contributed by atoms with Crippen LogP contribution in [0.15, 0.2) is 18.7 Å². The standard InChI is InChI=1S/C9H13N3O/c13-8-11-4-1-9(2-5-11)12-6-3-10-7-12/h3,6-9H,1-2,4-5H2. The first-order valence-corrected chi connectivity index (χ1v) is 4.57. The third kappa shape index (κ3) is 1.71. The number of amides is 1. The summed E-state index contributed by atoms with van der Waals surface area (Å²) < 4.78 is 2.13. The topological polar surface area (TPSA) is 38.1 Å². The number of rotatable bonds is 2. The zero-order valence-corrected chi connectivity index (χ0v) is 7.47. The molecule has 0 radical (unpaired) electrons. The van der Waals surface area contributed by atoms with Crippen molar-refractivity contribution in [3.8, 4) is 0 Å². The molecule has 1 amide bonds. The summed E-state index contributed by atoms with van der Waals surface area (Å²) in [6.45, 7) is 1.73. The molecule has 70 valence electrons. The van der Waals surface area contributed by atoms with Crippen molar-refractivity contribution in [2.75, 3.05) is 13.1 Å². The number of carbonyl (C=O) groups is 1. The maximum absolute atomic E-state index is 10.5. The molecule has 0 unspecified atom stereocenters. The molecule has 1 saturated heterocycles. The van der Waals surface area contributed by atoms with Crippen molar-refractivity contribution in [2.45, 2.75) is 18.9 Å². The quantitative estimate of drug-likeness (QED) is 0.626. The van der Waals surface area contributed by atoms with Crippen LogP contribution >= 0.6 is 0 Å². The predicted molar refractivity (Wildman–Crippen MR) is 48.1 cm³/mol. The summed E-state index contributed by atoms with van der Waals surface area (Å²) in [5.41, 5.74) is 0. The van der Waals surface area contributed by atoms with Crippen LogP contribution in [0.4, 0.5) is 0 Å². The van der Waals surface area contributed by atoms with E-state index >= 15 is 0 Å². The third-order valence-corrected chi connectivity index (χ3v) is 2.59. The molecule has 0 saturated carbocycles. The maximum Gasteiger partial charge on any atom is 0.209 e. The molecule has 4 heteroatoms. The number of likely N-dealkylation sites (tertiary alicyclic amines) is 1. The van der Waals surface area contributed by atoms with Crippen LogP contribution in [0.1, 0.15) is 18.9 Å². The van der Waals surface area contributed by atoms with Gasteiger partial charge in [-0.25, -0.2) is 4.98 Å². The second-order valence-corrected chi connectivity index (χ2v) is 3.38. The number of hydrogen-bond donors (Lipinski definition) is 0. The van der Waals surface area contributed by atoms with E-state index in [1.807, 2.05) is 17.4 Å². The average Bonchev–Trinajstić information content (AvgIpc) is 2.71. The molecule has 0 N–H and O–H groups in total. The van der Waals surface area contributed by atoms with Crippen molar-refractivity contribution in [3.63, 3.8) is 0 Å². The van der Waals surface area contributed by atoms with Gasteiger partial charge in [0.15, 0.2) is 0 Å². The lowest BCUT2D eigenvalue weighted by Gasteiger charge is -2.29. The van der Waals surface area contributed by atoms with Gasteiger partial charge in [-0.2, -0.15) is 0 Å². The Morgan fingerprint density at radius 3 is 2.69 bits per heavy atom. The largest absolute Gasteiger partial charge is 0.345 e. The first-order valence-electron chi connectivity index (χ1n) is 4.57. The molecule has 13 heavy (non-hydrogen) atoms. The normalized spacial score (nSPS) is 18.9. The molecule has 4 nitrogen and oxygen atoms in total. The Balaban J connectivity index is 1.95. The maximum atomic E-state index is 10.5. The van der Waals surface area contributed by atoms with Gasteiger partial charge in [0.1, 0.15) is 0 Å². The van der Waals surface area contributed by atoms with Crippen LogP contribution in [0, 0.1) is 0 Å². The van der Waals surface area contributed by atoms with Crippen molar-refractivity contribution >= 4 is 6.41 Å². The Kier molecular flexibility index (Phi) is 2.29. The van der Waals surface area contributed by atoms with Gasteiger partial charge < -0.3 is 9.47 Å². The fourth-order valence-corrected chi connectivity index (χ4v) is 1.77. The molecule has 2 heterocycles. The molecule has 0 aromatic carbocycles. The number of aromatic nitrogens is 2. The molecule has 1 aromatic heterocycles. The highest BCUT2D eigenvalue weighted by atomic mass is 16.1. The van der Waals surface area contributed by atoms with E-state index in [0.29, 0.717) is 6.04 Å². The van der Waals surface area contributed by atoms with Crippen LogP contribution in [0.25, 0.3) is 0 Å². The summed E-state index contributed by atoms with van der Waals surface area (Å²) in [6.07, 6.45) is 8.64. The molecule has 0 atom stereocenters. The first-order chi connectivity index (χ1) is 6.40. The number of nitrogens with zero attached hydrogens (tertiary/aromatic N) is 3. The van der Waals surface area contributed by atoms with Gasteiger partial charge in [0.2, 0.25) is 6.41 Å². The average molecular weight is 179 g/mol. The van der Waals surface area contributed by atoms with Crippen LogP contribution in [0.5, 0.6) is 0 Å². The second-order valence-electron chi connectivity index (χ2n) is 3.38. The number of hydrogen-bond acceptors (Lipinski definition) is 2. The highest BCUT2D eigenvalue weighted by Crippen LogP contribution is 2.20. The van der Waals surface area contributed by atoms with E-state index in [9.17, 15) is 4.79 Å². The van der Waals surface area contributed by atoms with Crippen molar-refractivity contribution in [3.05, 3.63) is 18.7 Å². The number of piperidine rings is 1. The van der Waals surface area contributed by atoms with Gasteiger partial charge in [0.05, 0.1) is 6.33 Å². The van der Waals surface area contributed by atoms with Crippen LogP contribution in [-0.4, -0.2) is 34.0 Å². The third-order valence-electron chi connectivity index (χ3n) is 2.59. The summed E-state index contributed by atoms with van der Waals surface area (Å²) in [6, 6.07) is 0.527. The van der Waals surface area contributed by atoms with Crippen molar-refractivity contribution < 1.29 is 4.79 Å². The molecule has 2 rings (SSSR count). The van der Waals surface area contributed by atoms with Crippen molar-refractivity contribution in [1.82, 2.24) is 14.5 Å². The Bertz CT molecular complexity index is 262. The highest BCUT2D eigenvalue weighted by molar-refractivity contribution is 5.47.